The van der Waals surface area contributed by atoms with Gasteiger partial charge in [-0.25, -0.2) is 22.0 Å². The molecule has 0 aliphatic carbocycles. The van der Waals surface area contributed by atoms with Gasteiger partial charge in [0.2, 0.25) is 5.82 Å². The van der Waals surface area contributed by atoms with E-state index >= 15 is 0 Å². The Morgan fingerprint density at radius 2 is 1.06 bits per heavy atom. The molecule has 18 heavy (non-hydrogen) atoms. The number of hydrogen-bond donors (Lipinski definition) is 0. The zero-order chi connectivity index (χ0) is 13.7. The van der Waals surface area contributed by atoms with E-state index in [0.717, 1.165) is 22.6 Å². The molecule has 0 N–H and O–H groups in total. The van der Waals surface area contributed by atoms with E-state index in [4.69, 9.17) is 0 Å². The third-order valence-corrected chi connectivity index (χ3v) is 2.67. The zero-order valence-corrected chi connectivity index (χ0v) is 10.8. The first-order valence-electron chi connectivity index (χ1n) is 4.48. The maximum Gasteiger partial charge on any atom is 0.200 e. The second-order valence-electron chi connectivity index (χ2n) is 2.91. The van der Waals surface area contributed by atoms with Crippen LogP contribution in [0, 0.1) is 32.7 Å². The van der Waals surface area contributed by atoms with E-state index in [2.05, 4.69) is 4.98 Å². The highest BCUT2D eigenvalue weighted by Gasteiger charge is 2.23. The minimum Gasteiger partial charge on any atom is -0.265 e. The predicted octanol–water partition coefficient (Wildman–Crippen LogP) is 4.07. The van der Waals surface area contributed by atoms with Crippen LogP contribution in [0.4, 0.5) is 22.0 Å². The summed E-state index contributed by atoms with van der Waals surface area (Å²) in [6, 6.07) is 5.72. The Kier molecular flexibility index (Phi) is 5.45. The molecule has 1 heterocycles. The van der Waals surface area contributed by atoms with Gasteiger partial charge in [0.05, 0.1) is 3.57 Å². The highest BCUT2D eigenvalue weighted by Crippen LogP contribution is 2.23. The fourth-order valence-electron chi connectivity index (χ4n) is 0.891. The molecular formula is C11H5F5IN. The second-order valence-corrected chi connectivity index (χ2v) is 3.99. The Labute approximate surface area is 113 Å². The average molecular weight is 373 g/mol. The molecule has 1 nitrogen and oxygen atoms in total. The van der Waals surface area contributed by atoms with Crippen molar-refractivity contribution in [3.8, 4) is 0 Å². The number of pyridine rings is 1. The molecular weight excluding hydrogens is 368 g/mol. The molecule has 0 saturated carbocycles. The predicted molar refractivity (Wildman–Crippen MR) is 63.2 cm³/mol. The van der Waals surface area contributed by atoms with E-state index in [1.807, 2.05) is 18.2 Å². The van der Waals surface area contributed by atoms with Gasteiger partial charge in [0.25, 0.3) is 0 Å². The van der Waals surface area contributed by atoms with E-state index in [1.54, 1.807) is 12.4 Å². The van der Waals surface area contributed by atoms with Crippen molar-refractivity contribution in [3.63, 3.8) is 0 Å². The second kappa shape index (κ2) is 6.62. The number of hydrogen-bond acceptors (Lipinski definition) is 1. The fourth-order valence-corrected chi connectivity index (χ4v) is 1.36. The quantitative estimate of drug-likeness (QED) is 0.294. The van der Waals surface area contributed by atoms with Crippen molar-refractivity contribution in [2.24, 2.45) is 0 Å². The van der Waals surface area contributed by atoms with Crippen LogP contribution in [0.5, 0.6) is 0 Å². The molecule has 0 atom stereocenters. The summed E-state index contributed by atoms with van der Waals surface area (Å²) in [4.78, 5) is 3.78. The number of halogens is 6. The topological polar surface area (TPSA) is 12.9 Å². The van der Waals surface area contributed by atoms with E-state index < -0.39 is 32.7 Å². The minimum atomic E-state index is -2.13. The van der Waals surface area contributed by atoms with Crippen LogP contribution in [0.2, 0.25) is 0 Å². The van der Waals surface area contributed by atoms with Crippen LogP contribution in [0.25, 0.3) is 0 Å². The van der Waals surface area contributed by atoms with Crippen molar-refractivity contribution in [1.82, 2.24) is 4.98 Å². The molecule has 0 aliphatic rings. The Hall–Kier alpha value is -1.25. The van der Waals surface area contributed by atoms with Gasteiger partial charge < -0.3 is 0 Å². The lowest BCUT2D eigenvalue weighted by molar-refractivity contribution is 0.373. The van der Waals surface area contributed by atoms with Gasteiger partial charge in [0.15, 0.2) is 23.3 Å². The number of nitrogens with zero attached hydrogens (tertiary/aromatic N) is 1. The van der Waals surface area contributed by atoms with Gasteiger partial charge in [-0.05, 0) is 34.7 Å². The third kappa shape index (κ3) is 3.37. The van der Waals surface area contributed by atoms with Gasteiger partial charge in [0, 0.05) is 12.4 Å². The van der Waals surface area contributed by atoms with Gasteiger partial charge in [-0.2, -0.15) is 0 Å². The van der Waals surface area contributed by atoms with Gasteiger partial charge in [-0.1, -0.05) is 6.07 Å². The number of aromatic nitrogens is 1. The van der Waals surface area contributed by atoms with Gasteiger partial charge in [-0.15, -0.1) is 0 Å². The molecule has 0 spiro atoms. The lowest BCUT2D eigenvalue weighted by Gasteiger charge is -2.00. The molecule has 0 aliphatic heterocycles. The molecule has 1 aromatic heterocycles. The molecule has 0 unspecified atom stereocenters. The first-order valence-corrected chi connectivity index (χ1v) is 5.56. The normalized spacial score (nSPS) is 9.67. The zero-order valence-electron chi connectivity index (χ0n) is 8.60. The summed E-state index contributed by atoms with van der Waals surface area (Å²) >= 11 is 1.04. The minimum absolute atomic E-state index is 0.899. The standard InChI is InChI=1S/C6F5I.C5H5N/c7-1-2(8)4(10)6(12)5(11)3(1)9;1-2-4-6-5-3-1/h;1-5H. The molecule has 0 radical (unpaired) electrons. The van der Waals surface area contributed by atoms with Crippen LogP contribution in [0.3, 0.4) is 0 Å². The van der Waals surface area contributed by atoms with E-state index in [1.165, 1.54) is 0 Å². The van der Waals surface area contributed by atoms with Crippen LogP contribution < -0.4 is 0 Å². The van der Waals surface area contributed by atoms with Gasteiger partial charge in [-0.3, -0.25) is 4.98 Å². The summed E-state index contributed by atoms with van der Waals surface area (Å²) in [7, 11) is 0. The maximum atomic E-state index is 12.4. The molecule has 2 rings (SSSR count). The largest absolute Gasteiger partial charge is 0.265 e. The molecule has 0 fully saturated rings. The monoisotopic (exact) mass is 373 g/mol. The van der Waals surface area contributed by atoms with Gasteiger partial charge >= 0.3 is 0 Å². The SMILES string of the molecule is Fc1c(F)c(F)c(I)c(F)c1F.c1ccncc1. The fraction of sp³-hybridized carbons (Fsp3) is 0. The van der Waals surface area contributed by atoms with Crippen LogP contribution in [0.1, 0.15) is 0 Å². The van der Waals surface area contributed by atoms with Crippen molar-refractivity contribution in [1.29, 1.82) is 0 Å². The molecule has 0 amide bonds. The van der Waals surface area contributed by atoms with Crippen molar-refractivity contribution in [2.75, 3.05) is 0 Å². The van der Waals surface area contributed by atoms with Crippen LogP contribution >= 0.6 is 22.6 Å². The van der Waals surface area contributed by atoms with E-state index in [-0.39, 0.29) is 0 Å². The van der Waals surface area contributed by atoms with E-state index in [9.17, 15) is 22.0 Å². The molecule has 1 aromatic carbocycles. The van der Waals surface area contributed by atoms with Crippen molar-refractivity contribution in [3.05, 3.63) is 63.2 Å². The summed E-state index contributed by atoms with van der Waals surface area (Å²) in [5.74, 6) is -9.57. The van der Waals surface area contributed by atoms with Gasteiger partial charge in [0.1, 0.15) is 0 Å². The summed E-state index contributed by atoms with van der Waals surface area (Å²) < 4.78 is 60.6. The van der Waals surface area contributed by atoms with Crippen LogP contribution in [-0.2, 0) is 0 Å². The smallest absolute Gasteiger partial charge is 0.200 e. The molecule has 7 heteroatoms. The lowest BCUT2D eigenvalue weighted by Crippen LogP contribution is -2.03. The summed E-state index contributed by atoms with van der Waals surface area (Å²) in [5.41, 5.74) is 0. The Bertz CT molecular complexity index is 401. The van der Waals surface area contributed by atoms with Crippen LogP contribution in [-0.4, -0.2) is 4.98 Å². The highest BCUT2D eigenvalue weighted by molar-refractivity contribution is 14.1. The maximum absolute atomic E-state index is 12.4. The van der Waals surface area contributed by atoms with E-state index in [0.29, 0.717) is 0 Å². The summed E-state index contributed by atoms with van der Waals surface area (Å²) in [6.45, 7) is 0. The summed E-state index contributed by atoms with van der Waals surface area (Å²) in [6.07, 6.45) is 3.50. The molecule has 0 saturated heterocycles. The molecule has 96 valence electrons. The highest BCUT2D eigenvalue weighted by atomic mass is 127. The summed E-state index contributed by atoms with van der Waals surface area (Å²) in [5, 5.41) is 0. The Balaban J connectivity index is 0.000000225. The first kappa shape index (κ1) is 14.8. The molecule has 2 aromatic rings. The Morgan fingerprint density at radius 3 is 1.33 bits per heavy atom. The van der Waals surface area contributed by atoms with Crippen molar-refractivity contribution < 1.29 is 22.0 Å². The Morgan fingerprint density at radius 1 is 0.667 bits per heavy atom. The number of benzene rings is 1. The van der Waals surface area contributed by atoms with Crippen molar-refractivity contribution >= 4 is 22.6 Å². The van der Waals surface area contributed by atoms with Crippen molar-refractivity contribution in [2.45, 2.75) is 0 Å². The lowest BCUT2D eigenvalue weighted by atomic mass is 10.3. The third-order valence-electron chi connectivity index (χ3n) is 1.72. The average Bonchev–Trinajstić information content (AvgIpc) is 2.43. The molecule has 0 bridgehead atoms. The van der Waals surface area contributed by atoms with Crippen LogP contribution in [0.15, 0.2) is 30.6 Å². The number of rotatable bonds is 0. The first-order chi connectivity index (χ1) is 8.46.